The van der Waals surface area contributed by atoms with Crippen molar-refractivity contribution < 1.29 is 19.1 Å². The summed E-state index contributed by atoms with van der Waals surface area (Å²) < 4.78 is 5.28. The fourth-order valence-electron chi connectivity index (χ4n) is 1.62. The van der Waals surface area contributed by atoms with Crippen LogP contribution >= 0.6 is 0 Å². The summed E-state index contributed by atoms with van der Waals surface area (Å²) in [6.07, 6.45) is 1.28. The Morgan fingerprint density at radius 2 is 2.00 bits per heavy atom. The number of carbonyl (C=O) groups excluding carboxylic acids is 1. The molecule has 0 aliphatic heterocycles. The van der Waals surface area contributed by atoms with Crippen LogP contribution in [-0.4, -0.2) is 23.5 Å². The molecule has 1 amide bonds. The van der Waals surface area contributed by atoms with Gasteiger partial charge in [-0.3, -0.25) is 4.79 Å². The highest BCUT2D eigenvalue weighted by Crippen LogP contribution is 2.18. The number of carboxylic acid groups (broad SMARTS) is 1. The molecular weight excluding hydrogens is 246 g/mol. The summed E-state index contributed by atoms with van der Waals surface area (Å²) in [7, 11) is 0. The van der Waals surface area contributed by atoms with E-state index < -0.39 is 5.97 Å². The van der Waals surface area contributed by atoms with Crippen LogP contribution in [0.2, 0.25) is 0 Å². The van der Waals surface area contributed by atoms with E-state index in [1.807, 2.05) is 0 Å². The standard InChI is InChI=1S/C14H21NO4/c1-5-10-9(13(17)18)8-11(19-10)12(16)15-7-6-14(2,3)4/h8H,5-7H2,1-4H3,(H,15,16)(H,17,18). The second-order valence-electron chi connectivity index (χ2n) is 5.67. The normalized spacial score (nSPS) is 11.4. The van der Waals surface area contributed by atoms with E-state index in [0.717, 1.165) is 6.42 Å². The summed E-state index contributed by atoms with van der Waals surface area (Å²) in [6, 6.07) is 1.29. The zero-order chi connectivity index (χ0) is 14.6. The van der Waals surface area contributed by atoms with Crippen LogP contribution in [0.4, 0.5) is 0 Å². The minimum atomic E-state index is -1.07. The van der Waals surface area contributed by atoms with Crippen molar-refractivity contribution in [3.8, 4) is 0 Å². The molecule has 0 aromatic carbocycles. The van der Waals surface area contributed by atoms with Crippen molar-refractivity contribution in [1.29, 1.82) is 0 Å². The van der Waals surface area contributed by atoms with Gasteiger partial charge in [0.05, 0.1) is 0 Å². The number of furan rings is 1. The van der Waals surface area contributed by atoms with Crippen LogP contribution in [0.3, 0.4) is 0 Å². The van der Waals surface area contributed by atoms with Crippen LogP contribution in [0.25, 0.3) is 0 Å². The highest BCUT2D eigenvalue weighted by Gasteiger charge is 2.20. The second-order valence-corrected chi connectivity index (χ2v) is 5.67. The van der Waals surface area contributed by atoms with Gasteiger partial charge in [0, 0.05) is 19.0 Å². The minimum Gasteiger partial charge on any atom is -0.478 e. The van der Waals surface area contributed by atoms with Crippen molar-refractivity contribution >= 4 is 11.9 Å². The lowest BCUT2D eigenvalue weighted by molar-refractivity contribution is 0.0694. The topological polar surface area (TPSA) is 79.5 Å². The molecule has 0 spiro atoms. The summed E-state index contributed by atoms with van der Waals surface area (Å²) >= 11 is 0. The fraction of sp³-hybridized carbons (Fsp3) is 0.571. The van der Waals surface area contributed by atoms with E-state index in [0.29, 0.717) is 18.7 Å². The SMILES string of the molecule is CCc1oc(C(=O)NCCC(C)(C)C)cc1C(=O)O. The van der Waals surface area contributed by atoms with Gasteiger partial charge in [0.2, 0.25) is 0 Å². The maximum Gasteiger partial charge on any atom is 0.339 e. The Morgan fingerprint density at radius 3 is 2.42 bits per heavy atom. The van der Waals surface area contributed by atoms with E-state index in [1.54, 1.807) is 6.92 Å². The first-order chi connectivity index (χ1) is 8.74. The number of aromatic carboxylic acids is 1. The Morgan fingerprint density at radius 1 is 1.37 bits per heavy atom. The molecule has 106 valence electrons. The predicted octanol–water partition coefficient (Wildman–Crippen LogP) is 2.71. The van der Waals surface area contributed by atoms with E-state index in [1.165, 1.54) is 6.07 Å². The average Bonchev–Trinajstić information content (AvgIpc) is 2.71. The molecule has 0 saturated heterocycles. The van der Waals surface area contributed by atoms with E-state index in [-0.39, 0.29) is 22.6 Å². The van der Waals surface area contributed by atoms with Gasteiger partial charge in [0.25, 0.3) is 5.91 Å². The van der Waals surface area contributed by atoms with Gasteiger partial charge < -0.3 is 14.8 Å². The van der Waals surface area contributed by atoms with Crippen molar-refractivity contribution in [3.63, 3.8) is 0 Å². The molecule has 19 heavy (non-hydrogen) atoms. The Bertz CT molecular complexity index is 468. The summed E-state index contributed by atoms with van der Waals surface area (Å²) in [5.41, 5.74) is 0.195. The predicted molar refractivity (Wildman–Crippen MR) is 71.5 cm³/mol. The number of carbonyl (C=O) groups is 2. The number of hydrogen-bond acceptors (Lipinski definition) is 3. The lowest BCUT2D eigenvalue weighted by Crippen LogP contribution is -2.26. The third kappa shape index (κ3) is 4.43. The molecule has 5 heteroatoms. The van der Waals surface area contributed by atoms with E-state index in [2.05, 4.69) is 26.1 Å². The molecule has 0 unspecified atom stereocenters. The van der Waals surface area contributed by atoms with Crippen LogP contribution in [-0.2, 0) is 6.42 Å². The molecule has 0 aliphatic rings. The van der Waals surface area contributed by atoms with Gasteiger partial charge in [0.15, 0.2) is 5.76 Å². The molecule has 2 N–H and O–H groups in total. The van der Waals surface area contributed by atoms with Crippen LogP contribution < -0.4 is 5.32 Å². The first-order valence-electron chi connectivity index (χ1n) is 6.39. The van der Waals surface area contributed by atoms with Gasteiger partial charge in [-0.15, -0.1) is 0 Å². The zero-order valence-electron chi connectivity index (χ0n) is 11.9. The van der Waals surface area contributed by atoms with Crippen molar-refractivity contribution in [2.24, 2.45) is 5.41 Å². The van der Waals surface area contributed by atoms with E-state index in [9.17, 15) is 9.59 Å². The van der Waals surface area contributed by atoms with E-state index in [4.69, 9.17) is 9.52 Å². The van der Waals surface area contributed by atoms with Gasteiger partial charge in [-0.25, -0.2) is 4.79 Å². The molecule has 1 aromatic heterocycles. The van der Waals surface area contributed by atoms with Gasteiger partial charge in [-0.05, 0) is 11.8 Å². The van der Waals surface area contributed by atoms with Gasteiger partial charge in [0.1, 0.15) is 11.3 Å². The van der Waals surface area contributed by atoms with Crippen LogP contribution in [0, 0.1) is 5.41 Å². The molecular formula is C14H21NO4. The zero-order valence-corrected chi connectivity index (χ0v) is 11.9. The highest BCUT2D eigenvalue weighted by atomic mass is 16.4. The number of hydrogen-bond donors (Lipinski definition) is 2. The number of rotatable bonds is 5. The molecule has 0 saturated carbocycles. The maximum absolute atomic E-state index is 11.8. The summed E-state index contributed by atoms with van der Waals surface area (Å²) in [4.78, 5) is 22.8. The van der Waals surface area contributed by atoms with Gasteiger partial charge >= 0.3 is 5.97 Å². The molecule has 1 heterocycles. The molecule has 1 aromatic rings. The van der Waals surface area contributed by atoms with Crippen molar-refractivity contribution in [2.75, 3.05) is 6.54 Å². The van der Waals surface area contributed by atoms with Crippen LogP contribution in [0.1, 0.15) is 60.8 Å². The highest BCUT2D eigenvalue weighted by molar-refractivity contribution is 5.96. The quantitative estimate of drug-likeness (QED) is 0.859. The number of carboxylic acids is 1. The minimum absolute atomic E-state index is 0.0585. The lowest BCUT2D eigenvalue weighted by Gasteiger charge is -2.17. The van der Waals surface area contributed by atoms with E-state index >= 15 is 0 Å². The number of aryl methyl sites for hydroxylation is 1. The van der Waals surface area contributed by atoms with Gasteiger partial charge in [-0.2, -0.15) is 0 Å². The maximum atomic E-state index is 11.8. The third-order valence-electron chi connectivity index (χ3n) is 2.74. The third-order valence-corrected chi connectivity index (χ3v) is 2.74. The Balaban J connectivity index is 2.70. The summed E-state index contributed by atoms with van der Waals surface area (Å²) in [5, 5.41) is 11.7. The second kappa shape index (κ2) is 5.91. The smallest absolute Gasteiger partial charge is 0.339 e. The first kappa shape index (κ1) is 15.3. The Labute approximate surface area is 113 Å². The summed E-state index contributed by atoms with van der Waals surface area (Å²) in [6.45, 7) is 8.58. The van der Waals surface area contributed by atoms with Crippen LogP contribution in [0.5, 0.6) is 0 Å². The number of amides is 1. The lowest BCUT2D eigenvalue weighted by atomic mass is 9.92. The molecule has 0 fully saturated rings. The summed E-state index contributed by atoms with van der Waals surface area (Å²) in [5.74, 6) is -1.06. The largest absolute Gasteiger partial charge is 0.478 e. The number of nitrogens with one attached hydrogen (secondary N) is 1. The molecule has 0 aliphatic carbocycles. The Kier molecular flexibility index (Phi) is 4.75. The average molecular weight is 267 g/mol. The molecule has 0 radical (unpaired) electrons. The van der Waals surface area contributed by atoms with Crippen molar-refractivity contribution in [3.05, 3.63) is 23.2 Å². The Hall–Kier alpha value is -1.78. The molecule has 0 bridgehead atoms. The molecule has 0 atom stereocenters. The fourth-order valence-corrected chi connectivity index (χ4v) is 1.62. The van der Waals surface area contributed by atoms with Gasteiger partial charge in [-0.1, -0.05) is 27.7 Å². The first-order valence-corrected chi connectivity index (χ1v) is 6.39. The van der Waals surface area contributed by atoms with Crippen LogP contribution in [0.15, 0.2) is 10.5 Å². The molecule has 1 rings (SSSR count). The van der Waals surface area contributed by atoms with Crippen molar-refractivity contribution in [2.45, 2.75) is 40.5 Å². The monoisotopic (exact) mass is 267 g/mol. The van der Waals surface area contributed by atoms with Crippen molar-refractivity contribution in [1.82, 2.24) is 5.32 Å². The molecule has 5 nitrogen and oxygen atoms in total.